The second-order valence-corrected chi connectivity index (χ2v) is 7.76. The van der Waals surface area contributed by atoms with E-state index in [4.69, 9.17) is 4.74 Å². The lowest BCUT2D eigenvalue weighted by atomic mass is 9.80. The van der Waals surface area contributed by atoms with Gasteiger partial charge in [0.25, 0.3) is 0 Å². The summed E-state index contributed by atoms with van der Waals surface area (Å²) in [6, 6.07) is 7.12. The van der Waals surface area contributed by atoms with Gasteiger partial charge in [-0.2, -0.15) is 0 Å². The first kappa shape index (κ1) is 16.0. The van der Waals surface area contributed by atoms with Gasteiger partial charge in [-0.05, 0) is 55.9 Å². The van der Waals surface area contributed by atoms with Crippen molar-refractivity contribution >= 4 is 10.9 Å². The Hall–Kier alpha value is -1.48. The SMILES string of the molecule is CCCCC1CC2c3[nH]c4ccc(OC)cc4c3CCN(C1)C2C. The molecule has 1 aromatic carbocycles. The first-order valence-electron chi connectivity index (χ1n) is 9.63. The molecule has 1 fully saturated rings. The molecule has 1 N–H and O–H groups in total. The molecule has 130 valence electrons. The summed E-state index contributed by atoms with van der Waals surface area (Å²) in [5, 5.41) is 1.37. The van der Waals surface area contributed by atoms with Crippen molar-refractivity contribution < 1.29 is 4.74 Å². The molecular formula is C21H30N2O. The van der Waals surface area contributed by atoms with Crippen molar-refractivity contribution in [1.82, 2.24) is 9.88 Å². The normalized spacial score (nSPS) is 29.3. The number of aromatic nitrogens is 1. The highest BCUT2D eigenvalue weighted by Gasteiger charge is 2.38. The van der Waals surface area contributed by atoms with Crippen molar-refractivity contribution in [1.29, 1.82) is 0 Å². The van der Waals surface area contributed by atoms with Crippen molar-refractivity contribution in [3.8, 4) is 5.75 Å². The van der Waals surface area contributed by atoms with E-state index in [9.17, 15) is 0 Å². The van der Waals surface area contributed by atoms with Crippen LogP contribution in [-0.2, 0) is 6.42 Å². The number of ether oxygens (including phenoxy) is 1. The highest BCUT2D eigenvalue weighted by atomic mass is 16.5. The fourth-order valence-electron chi connectivity index (χ4n) is 4.95. The quantitative estimate of drug-likeness (QED) is 0.881. The highest BCUT2D eigenvalue weighted by molar-refractivity contribution is 5.86. The molecule has 0 spiro atoms. The molecule has 3 heterocycles. The lowest BCUT2D eigenvalue weighted by Gasteiger charge is -2.42. The Kier molecular flexibility index (Phi) is 4.29. The van der Waals surface area contributed by atoms with Crippen LogP contribution in [0.15, 0.2) is 18.2 Å². The monoisotopic (exact) mass is 326 g/mol. The van der Waals surface area contributed by atoms with E-state index in [1.807, 2.05) is 0 Å². The number of hydrogen-bond donors (Lipinski definition) is 1. The third kappa shape index (κ3) is 2.63. The van der Waals surface area contributed by atoms with Gasteiger partial charge >= 0.3 is 0 Å². The van der Waals surface area contributed by atoms with Crippen LogP contribution in [0.2, 0.25) is 0 Å². The van der Waals surface area contributed by atoms with Crippen LogP contribution in [-0.4, -0.2) is 36.1 Å². The summed E-state index contributed by atoms with van der Waals surface area (Å²) in [7, 11) is 1.76. The topological polar surface area (TPSA) is 28.3 Å². The molecule has 1 aromatic heterocycles. The predicted molar refractivity (Wildman–Crippen MR) is 100.0 cm³/mol. The van der Waals surface area contributed by atoms with Crippen molar-refractivity contribution in [3.63, 3.8) is 0 Å². The minimum atomic E-state index is 0.650. The number of nitrogens with one attached hydrogen (secondary N) is 1. The van der Waals surface area contributed by atoms with E-state index in [0.29, 0.717) is 12.0 Å². The van der Waals surface area contributed by atoms with Gasteiger partial charge in [-0.25, -0.2) is 0 Å². The van der Waals surface area contributed by atoms with Crippen LogP contribution in [0.3, 0.4) is 0 Å². The average molecular weight is 326 g/mol. The Morgan fingerprint density at radius 2 is 2.21 bits per heavy atom. The summed E-state index contributed by atoms with van der Waals surface area (Å²) in [5.41, 5.74) is 4.32. The molecule has 2 aliphatic heterocycles. The molecule has 2 aliphatic rings. The van der Waals surface area contributed by atoms with Gasteiger partial charge in [-0.3, -0.25) is 4.90 Å². The Morgan fingerprint density at radius 1 is 1.33 bits per heavy atom. The molecule has 4 atom stereocenters. The van der Waals surface area contributed by atoms with Crippen LogP contribution in [0.25, 0.3) is 10.9 Å². The summed E-state index contributed by atoms with van der Waals surface area (Å²) >= 11 is 0. The van der Waals surface area contributed by atoms with Crippen LogP contribution in [0.4, 0.5) is 0 Å². The maximum absolute atomic E-state index is 5.46. The van der Waals surface area contributed by atoms with Crippen molar-refractivity contribution in [2.75, 3.05) is 20.2 Å². The van der Waals surface area contributed by atoms with Gasteiger partial charge in [-0.1, -0.05) is 19.8 Å². The zero-order valence-electron chi connectivity index (χ0n) is 15.3. The van der Waals surface area contributed by atoms with Gasteiger partial charge in [0.15, 0.2) is 0 Å². The van der Waals surface area contributed by atoms with Crippen LogP contribution in [0.5, 0.6) is 5.75 Å². The maximum atomic E-state index is 5.46. The number of unbranched alkanes of at least 4 members (excludes halogenated alkanes) is 1. The zero-order chi connectivity index (χ0) is 16.7. The third-order valence-electron chi connectivity index (χ3n) is 6.37. The number of fused-ring (bicyclic) bond motifs is 6. The molecule has 3 nitrogen and oxygen atoms in total. The number of benzene rings is 1. The van der Waals surface area contributed by atoms with Crippen molar-refractivity contribution in [2.24, 2.45) is 5.92 Å². The molecule has 0 amide bonds. The first-order valence-corrected chi connectivity index (χ1v) is 9.63. The van der Waals surface area contributed by atoms with Crippen molar-refractivity contribution in [3.05, 3.63) is 29.5 Å². The summed E-state index contributed by atoms with van der Waals surface area (Å²) in [5.74, 6) is 2.47. The van der Waals surface area contributed by atoms with E-state index in [1.54, 1.807) is 12.7 Å². The zero-order valence-corrected chi connectivity index (χ0v) is 15.3. The summed E-state index contributed by atoms with van der Waals surface area (Å²) in [4.78, 5) is 6.53. The van der Waals surface area contributed by atoms with E-state index in [2.05, 4.69) is 41.9 Å². The average Bonchev–Trinajstić information content (AvgIpc) is 2.94. The highest BCUT2D eigenvalue weighted by Crippen LogP contribution is 2.42. The fraction of sp³-hybridized carbons (Fsp3) is 0.619. The Bertz CT molecular complexity index is 720. The standard InChI is InChI=1S/C21H30N2O/c1-4-5-6-15-11-18-14(2)23(13-15)10-9-17-19-12-16(24-3)7-8-20(19)22-21(17)18/h7-8,12,14-15,18,22H,4-6,9-11,13H2,1-3H3. The number of methoxy groups -OCH3 is 1. The van der Waals surface area contributed by atoms with Gasteiger partial charge in [0, 0.05) is 41.6 Å². The van der Waals surface area contributed by atoms with Crippen LogP contribution in [0.1, 0.15) is 56.7 Å². The van der Waals surface area contributed by atoms with E-state index in [1.165, 1.54) is 55.4 Å². The largest absolute Gasteiger partial charge is 0.497 e. The Labute approximate surface area is 145 Å². The molecule has 0 radical (unpaired) electrons. The first-order chi connectivity index (χ1) is 11.7. The van der Waals surface area contributed by atoms with Crippen LogP contribution >= 0.6 is 0 Å². The molecule has 1 saturated heterocycles. The van der Waals surface area contributed by atoms with E-state index < -0.39 is 0 Å². The van der Waals surface area contributed by atoms with Crippen molar-refractivity contribution in [2.45, 2.75) is 57.9 Å². The number of hydrogen-bond acceptors (Lipinski definition) is 2. The van der Waals surface area contributed by atoms with Crippen LogP contribution in [0, 0.1) is 5.92 Å². The molecule has 24 heavy (non-hydrogen) atoms. The predicted octanol–water partition coefficient (Wildman–Crippen LogP) is 4.72. The molecule has 2 bridgehead atoms. The summed E-state index contributed by atoms with van der Waals surface area (Å²) in [6.45, 7) is 7.23. The molecule has 4 unspecified atom stereocenters. The van der Waals surface area contributed by atoms with E-state index >= 15 is 0 Å². The third-order valence-corrected chi connectivity index (χ3v) is 6.37. The van der Waals surface area contributed by atoms with Gasteiger partial charge < -0.3 is 9.72 Å². The number of rotatable bonds is 4. The minimum absolute atomic E-state index is 0.650. The van der Waals surface area contributed by atoms with Gasteiger partial charge in [0.05, 0.1) is 7.11 Å². The van der Waals surface area contributed by atoms with Gasteiger partial charge in [0.2, 0.25) is 0 Å². The maximum Gasteiger partial charge on any atom is 0.119 e. The summed E-state index contributed by atoms with van der Waals surface area (Å²) in [6.07, 6.45) is 6.57. The molecule has 4 rings (SSSR count). The molecule has 0 saturated carbocycles. The summed E-state index contributed by atoms with van der Waals surface area (Å²) < 4.78 is 5.46. The molecular weight excluding hydrogens is 296 g/mol. The van der Waals surface area contributed by atoms with E-state index in [-0.39, 0.29) is 0 Å². The second-order valence-electron chi connectivity index (χ2n) is 7.76. The van der Waals surface area contributed by atoms with Crippen LogP contribution < -0.4 is 4.74 Å². The fourth-order valence-corrected chi connectivity index (χ4v) is 4.95. The minimum Gasteiger partial charge on any atom is -0.497 e. The molecule has 2 aromatic rings. The lowest BCUT2D eigenvalue weighted by molar-refractivity contribution is 0.0984. The second kappa shape index (κ2) is 6.44. The molecule has 3 heteroatoms. The smallest absolute Gasteiger partial charge is 0.119 e. The number of nitrogens with zero attached hydrogens (tertiary/aromatic N) is 1. The number of aromatic amines is 1. The lowest BCUT2D eigenvalue weighted by Crippen LogP contribution is -2.45. The van der Waals surface area contributed by atoms with Gasteiger partial charge in [0.1, 0.15) is 5.75 Å². The molecule has 0 aliphatic carbocycles. The van der Waals surface area contributed by atoms with Gasteiger partial charge in [-0.15, -0.1) is 0 Å². The Balaban J connectivity index is 1.73. The number of H-pyrrole nitrogens is 1. The Morgan fingerprint density at radius 3 is 3.00 bits per heavy atom. The number of piperidine rings is 1. The van der Waals surface area contributed by atoms with E-state index in [0.717, 1.165) is 18.1 Å².